The Bertz CT molecular complexity index is 939. The third kappa shape index (κ3) is 5.75. The fourth-order valence-corrected chi connectivity index (χ4v) is 4.39. The number of pyridine rings is 1. The number of hydrogen-bond acceptors (Lipinski definition) is 4. The van der Waals surface area contributed by atoms with E-state index in [4.69, 9.17) is 0 Å². The zero-order valence-electron chi connectivity index (χ0n) is 18.1. The Morgan fingerprint density at radius 1 is 0.938 bits per heavy atom. The molecule has 1 aliphatic heterocycles. The van der Waals surface area contributed by atoms with Gasteiger partial charge in [0.25, 0.3) is 5.91 Å². The molecule has 3 amide bonds. The number of hydrogen-bond donors (Lipinski definition) is 3. The summed E-state index contributed by atoms with van der Waals surface area (Å²) in [6.45, 7) is 1.23. The molecule has 170 valence electrons. The largest absolute Gasteiger partial charge is 0.349 e. The van der Waals surface area contributed by atoms with Crippen LogP contribution in [-0.2, 0) is 0 Å². The number of rotatable bonds is 5. The summed E-state index contributed by atoms with van der Waals surface area (Å²) < 4.78 is 13.5. The molecule has 0 spiro atoms. The fraction of sp³-hybridized carbons (Fsp3) is 0.458. The Labute approximate surface area is 187 Å². The molecule has 0 atom stereocenters. The Balaban J connectivity index is 1.30. The van der Waals surface area contributed by atoms with Crippen molar-refractivity contribution in [2.75, 3.05) is 18.4 Å². The van der Waals surface area contributed by atoms with Crippen molar-refractivity contribution >= 4 is 23.4 Å². The summed E-state index contributed by atoms with van der Waals surface area (Å²) in [5.41, 5.74) is 0.921. The van der Waals surface area contributed by atoms with Gasteiger partial charge in [-0.1, -0.05) is 25.3 Å². The van der Waals surface area contributed by atoms with Gasteiger partial charge in [0, 0.05) is 37.1 Å². The molecule has 1 aliphatic carbocycles. The number of carbonyl (C=O) groups excluding carboxylic acids is 2. The Hall–Kier alpha value is -3.16. The quantitative estimate of drug-likeness (QED) is 0.652. The molecule has 8 heteroatoms. The first-order valence-corrected chi connectivity index (χ1v) is 11.4. The van der Waals surface area contributed by atoms with Gasteiger partial charge in [0.2, 0.25) is 0 Å². The van der Waals surface area contributed by atoms with Gasteiger partial charge in [-0.25, -0.2) is 14.2 Å². The number of anilines is 2. The van der Waals surface area contributed by atoms with E-state index < -0.39 is 0 Å². The molecule has 2 heterocycles. The van der Waals surface area contributed by atoms with Gasteiger partial charge < -0.3 is 20.9 Å². The molecule has 1 saturated heterocycles. The summed E-state index contributed by atoms with van der Waals surface area (Å²) in [5.74, 6) is -0.224. The predicted molar refractivity (Wildman–Crippen MR) is 121 cm³/mol. The molecule has 2 fully saturated rings. The van der Waals surface area contributed by atoms with Crippen molar-refractivity contribution in [2.45, 2.75) is 57.0 Å². The van der Waals surface area contributed by atoms with Crippen molar-refractivity contribution in [3.05, 3.63) is 54.0 Å². The van der Waals surface area contributed by atoms with E-state index in [1.165, 1.54) is 31.4 Å². The lowest BCUT2D eigenvalue weighted by Crippen LogP contribution is -2.51. The van der Waals surface area contributed by atoms with Crippen LogP contribution in [0.4, 0.5) is 20.7 Å². The monoisotopic (exact) mass is 439 g/mol. The number of benzene rings is 1. The standard InChI is InChI=1S/C24H30FN5O2/c25-17-6-4-9-20(16-17)27-22-21(10-5-13-26-22)23(31)28-19-11-14-30(15-12-19)24(32)29-18-7-2-1-3-8-18/h4-6,9-10,13,16,18-19H,1-3,7-8,11-12,14-15H2,(H,26,27)(H,28,31)(H,29,32). The molecule has 0 unspecified atom stereocenters. The van der Waals surface area contributed by atoms with E-state index >= 15 is 0 Å². The van der Waals surface area contributed by atoms with Crippen molar-refractivity contribution in [3.63, 3.8) is 0 Å². The summed E-state index contributed by atoms with van der Waals surface area (Å²) in [6.07, 6.45) is 8.75. The van der Waals surface area contributed by atoms with Gasteiger partial charge in [-0.15, -0.1) is 0 Å². The lowest BCUT2D eigenvalue weighted by Gasteiger charge is -2.34. The molecule has 2 aromatic rings. The Morgan fingerprint density at radius 2 is 1.69 bits per heavy atom. The number of carbonyl (C=O) groups is 2. The molecule has 1 aromatic heterocycles. The fourth-order valence-electron chi connectivity index (χ4n) is 4.39. The average Bonchev–Trinajstić information content (AvgIpc) is 2.80. The van der Waals surface area contributed by atoms with Crippen LogP contribution in [0.1, 0.15) is 55.3 Å². The van der Waals surface area contributed by atoms with Gasteiger partial charge in [-0.05, 0) is 56.0 Å². The first kappa shape index (κ1) is 22.0. The molecule has 32 heavy (non-hydrogen) atoms. The van der Waals surface area contributed by atoms with Crippen LogP contribution in [0.25, 0.3) is 0 Å². The SMILES string of the molecule is O=C(NC1CCN(C(=O)NC2CCCCC2)CC1)c1cccnc1Nc1cccc(F)c1. The lowest BCUT2D eigenvalue weighted by atomic mass is 9.95. The van der Waals surface area contributed by atoms with Gasteiger partial charge in [0.1, 0.15) is 11.6 Å². The molecule has 1 saturated carbocycles. The van der Waals surface area contributed by atoms with Crippen molar-refractivity contribution in [3.8, 4) is 0 Å². The highest BCUT2D eigenvalue weighted by Crippen LogP contribution is 2.21. The van der Waals surface area contributed by atoms with Crippen LogP contribution in [0.3, 0.4) is 0 Å². The Morgan fingerprint density at radius 3 is 2.44 bits per heavy atom. The van der Waals surface area contributed by atoms with Crippen molar-refractivity contribution < 1.29 is 14.0 Å². The van der Waals surface area contributed by atoms with E-state index in [0.717, 1.165) is 12.8 Å². The maximum absolute atomic E-state index is 13.5. The number of amides is 3. The van der Waals surface area contributed by atoms with E-state index in [0.29, 0.717) is 49.0 Å². The van der Waals surface area contributed by atoms with Crippen LogP contribution < -0.4 is 16.0 Å². The minimum Gasteiger partial charge on any atom is -0.349 e. The molecule has 7 nitrogen and oxygen atoms in total. The van der Waals surface area contributed by atoms with Crippen LogP contribution in [0.15, 0.2) is 42.6 Å². The van der Waals surface area contributed by atoms with Gasteiger partial charge in [-0.2, -0.15) is 0 Å². The van der Waals surface area contributed by atoms with Crippen LogP contribution in [-0.4, -0.2) is 47.0 Å². The number of nitrogens with zero attached hydrogens (tertiary/aromatic N) is 2. The number of urea groups is 1. The van der Waals surface area contributed by atoms with Crippen molar-refractivity contribution in [1.29, 1.82) is 0 Å². The van der Waals surface area contributed by atoms with Gasteiger partial charge in [0.15, 0.2) is 0 Å². The third-order valence-electron chi connectivity index (χ3n) is 6.19. The highest BCUT2D eigenvalue weighted by Gasteiger charge is 2.26. The molecule has 3 N–H and O–H groups in total. The average molecular weight is 440 g/mol. The van der Waals surface area contributed by atoms with Gasteiger partial charge in [0.05, 0.1) is 5.56 Å². The maximum atomic E-state index is 13.5. The summed E-state index contributed by atoms with van der Waals surface area (Å²) in [7, 11) is 0. The first-order valence-electron chi connectivity index (χ1n) is 11.4. The van der Waals surface area contributed by atoms with E-state index in [1.54, 1.807) is 30.5 Å². The second kappa shape index (κ2) is 10.4. The molecular weight excluding hydrogens is 409 g/mol. The minimum absolute atomic E-state index is 0.00974. The molecule has 2 aliphatic rings. The van der Waals surface area contributed by atoms with Gasteiger partial charge >= 0.3 is 6.03 Å². The Kier molecular flexibility index (Phi) is 7.19. The predicted octanol–water partition coefficient (Wildman–Crippen LogP) is 4.20. The summed E-state index contributed by atoms with van der Waals surface area (Å²) in [4.78, 5) is 31.6. The number of likely N-dealkylation sites (tertiary alicyclic amines) is 1. The van der Waals surface area contributed by atoms with E-state index in [9.17, 15) is 14.0 Å². The van der Waals surface area contributed by atoms with Crippen LogP contribution in [0, 0.1) is 5.82 Å². The van der Waals surface area contributed by atoms with E-state index in [1.807, 2.05) is 4.90 Å². The number of nitrogens with one attached hydrogen (secondary N) is 3. The van der Waals surface area contributed by atoms with E-state index in [-0.39, 0.29) is 23.8 Å². The smallest absolute Gasteiger partial charge is 0.317 e. The number of piperidine rings is 1. The minimum atomic E-state index is -0.365. The molecule has 1 aromatic carbocycles. The number of halogens is 1. The van der Waals surface area contributed by atoms with Crippen LogP contribution >= 0.6 is 0 Å². The molecular formula is C24H30FN5O2. The zero-order valence-corrected chi connectivity index (χ0v) is 18.1. The van der Waals surface area contributed by atoms with Crippen molar-refractivity contribution in [2.24, 2.45) is 0 Å². The van der Waals surface area contributed by atoms with Crippen molar-refractivity contribution in [1.82, 2.24) is 20.5 Å². The van der Waals surface area contributed by atoms with Crippen LogP contribution in [0.5, 0.6) is 0 Å². The maximum Gasteiger partial charge on any atom is 0.317 e. The second-order valence-electron chi connectivity index (χ2n) is 8.55. The molecule has 0 bridgehead atoms. The summed E-state index contributed by atoms with van der Waals surface area (Å²) in [6, 6.07) is 9.71. The summed E-state index contributed by atoms with van der Waals surface area (Å²) >= 11 is 0. The highest BCUT2D eigenvalue weighted by atomic mass is 19.1. The topological polar surface area (TPSA) is 86.4 Å². The van der Waals surface area contributed by atoms with E-state index in [2.05, 4.69) is 20.9 Å². The first-order chi connectivity index (χ1) is 15.6. The third-order valence-corrected chi connectivity index (χ3v) is 6.19. The molecule has 4 rings (SSSR count). The second-order valence-corrected chi connectivity index (χ2v) is 8.55. The lowest BCUT2D eigenvalue weighted by molar-refractivity contribution is 0.0918. The zero-order chi connectivity index (χ0) is 22.3. The summed E-state index contributed by atoms with van der Waals surface area (Å²) in [5, 5.41) is 9.24. The normalized spacial score (nSPS) is 17.6. The number of aromatic nitrogens is 1. The van der Waals surface area contributed by atoms with Gasteiger partial charge in [-0.3, -0.25) is 4.79 Å². The van der Waals surface area contributed by atoms with Crippen LogP contribution in [0.2, 0.25) is 0 Å². The highest BCUT2D eigenvalue weighted by molar-refractivity contribution is 5.99. The molecule has 0 radical (unpaired) electrons.